The molecule has 1 aliphatic rings. The fraction of sp³-hybridized carbons (Fsp3) is 0.500. The van der Waals surface area contributed by atoms with Gasteiger partial charge < -0.3 is 10.0 Å². The molecule has 1 aromatic rings. The van der Waals surface area contributed by atoms with Crippen molar-refractivity contribution in [2.24, 2.45) is 0 Å². The zero-order chi connectivity index (χ0) is 11.0. The van der Waals surface area contributed by atoms with Crippen molar-refractivity contribution in [3.8, 4) is 0 Å². The Morgan fingerprint density at radius 2 is 1.93 bits per heavy atom. The van der Waals surface area contributed by atoms with E-state index < -0.39 is 7.12 Å². The third-order valence-corrected chi connectivity index (χ3v) is 3.05. The molecule has 0 aromatic heterocycles. The summed E-state index contributed by atoms with van der Waals surface area (Å²) in [5, 5.41) is 18.3. The molecule has 0 unspecified atom stereocenters. The lowest BCUT2D eigenvalue weighted by molar-refractivity contribution is 0.425. The summed E-state index contributed by atoms with van der Waals surface area (Å²) in [6.45, 7) is 4.30. The predicted octanol–water partition coefficient (Wildman–Crippen LogP) is 1.37. The Bertz CT molecular complexity index is 357. The van der Waals surface area contributed by atoms with Crippen LogP contribution in [0.1, 0.15) is 49.7 Å². The first-order valence-electron chi connectivity index (χ1n) is 5.59. The molecule has 1 saturated carbocycles. The summed E-state index contributed by atoms with van der Waals surface area (Å²) in [6, 6.07) is 5.81. The van der Waals surface area contributed by atoms with Crippen LogP contribution in [0.25, 0.3) is 0 Å². The van der Waals surface area contributed by atoms with Crippen LogP contribution in [0.15, 0.2) is 18.2 Å². The summed E-state index contributed by atoms with van der Waals surface area (Å²) in [4.78, 5) is 0. The Labute approximate surface area is 91.1 Å². The maximum absolute atomic E-state index is 9.13. The Balaban J connectivity index is 2.39. The van der Waals surface area contributed by atoms with Gasteiger partial charge in [-0.05, 0) is 41.3 Å². The smallest absolute Gasteiger partial charge is 0.423 e. The zero-order valence-corrected chi connectivity index (χ0v) is 9.27. The van der Waals surface area contributed by atoms with Gasteiger partial charge in [0.05, 0.1) is 0 Å². The monoisotopic (exact) mass is 204 g/mol. The molecule has 80 valence electrons. The number of hydrogen-bond donors (Lipinski definition) is 2. The third kappa shape index (κ3) is 2.24. The van der Waals surface area contributed by atoms with Crippen molar-refractivity contribution in [1.82, 2.24) is 0 Å². The SMILES string of the molecule is CC(C)c1cc(B(O)O)ccc1C1CC1. The second kappa shape index (κ2) is 3.99. The average Bonchev–Trinajstić information content (AvgIpc) is 2.99. The summed E-state index contributed by atoms with van der Waals surface area (Å²) in [5.74, 6) is 1.16. The van der Waals surface area contributed by atoms with E-state index in [0.29, 0.717) is 17.3 Å². The molecule has 15 heavy (non-hydrogen) atoms. The van der Waals surface area contributed by atoms with Gasteiger partial charge in [-0.25, -0.2) is 0 Å². The minimum atomic E-state index is -1.35. The molecule has 1 fully saturated rings. The van der Waals surface area contributed by atoms with Gasteiger partial charge in [-0.2, -0.15) is 0 Å². The van der Waals surface area contributed by atoms with E-state index in [2.05, 4.69) is 19.9 Å². The molecule has 1 aliphatic carbocycles. The molecular weight excluding hydrogens is 187 g/mol. The summed E-state index contributed by atoms with van der Waals surface area (Å²) >= 11 is 0. The van der Waals surface area contributed by atoms with Crippen LogP contribution in [-0.4, -0.2) is 17.2 Å². The third-order valence-electron chi connectivity index (χ3n) is 3.05. The minimum absolute atomic E-state index is 0.444. The number of rotatable bonds is 3. The van der Waals surface area contributed by atoms with Crippen molar-refractivity contribution in [3.05, 3.63) is 29.3 Å². The van der Waals surface area contributed by atoms with Crippen molar-refractivity contribution in [2.75, 3.05) is 0 Å². The lowest BCUT2D eigenvalue weighted by Gasteiger charge is -2.14. The van der Waals surface area contributed by atoms with E-state index in [-0.39, 0.29) is 0 Å². The molecule has 0 bridgehead atoms. The van der Waals surface area contributed by atoms with Crippen LogP contribution < -0.4 is 5.46 Å². The largest absolute Gasteiger partial charge is 0.488 e. The van der Waals surface area contributed by atoms with Crippen molar-refractivity contribution in [1.29, 1.82) is 0 Å². The van der Waals surface area contributed by atoms with Gasteiger partial charge in [0.25, 0.3) is 0 Å². The Kier molecular flexibility index (Phi) is 2.85. The quantitative estimate of drug-likeness (QED) is 0.730. The van der Waals surface area contributed by atoms with Gasteiger partial charge in [-0.1, -0.05) is 32.0 Å². The fourth-order valence-electron chi connectivity index (χ4n) is 2.02. The number of hydrogen-bond acceptors (Lipinski definition) is 2. The molecule has 0 atom stereocenters. The van der Waals surface area contributed by atoms with Crippen molar-refractivity contribution in [3.63, 3.8) is 0 Å². The first-order chi connectivity index (χ1) is 7.09. The molecule has 0 heterocycles. The van der Waals surface area contributed by atoms with E-state index >= 15 is 0 Å². The van der Waals surface area contributed by atoms with Crippen molar-refractivity contribution in [2.45, 2.75) is 38.5 Å². The van der Waals surface area contributed by atoms with Crippen LogP contribution in [0.3, 0.4) is 0 Å². The second-order valence-corrected chi connectivity index (χ2v) is 4.69. The predicted molar refractivity (Wildman–Crippen MR) is 62.3 cm³/mol. The minimum Gasteiger partial charge on any atom is -0.423 e. The maximum Gasteiger partial charge on any atom is 0.488 e. The second-order valence-electron chi connectivity index (χ2n) is 4.69. The standard InChI is InChI=1S/C12H17BO2/c1-8(2)12-7-10(13(14)15)5-6-11(12)9-3-4-9/h5-9,14-15H,3-4H2,1-2H3. The van der Waals surface area contributed by atoms with E-state index in [9.17, 15) is 0 Å². The molecule has 2 nitrogen and oxygen atoms in total. The van der Waals surface area contributed by atoms with E-state index in [1.54, 1.807) is 0 Å². The van der Waals surface area contributed by atoms with E-state index in [4.69, 9.17) is 10.0 Å². The normalized spacial score (nSPS) is 15.8. The summed E-state index contributed by atoms with van der Waals surface area (Å²) in [7, 11) is -1.35. The van der Waals surface area contributed by atoms with Gasteiger partial charge in [-0.3, -0.25) is 0 Å². The van der Waals surface area contributed by atoms with Crippen molar-refractivity contribution >= 4 is 12.6 Å². The van der Waals surface area contributed by atoms with Crippen LogP contribution in [0.2, 0.25) is 0 Å². The summed E-state index contributed by atoms with van der Waals surface area (Å²) in [6.07, 6.45) is 2.56. The van der Waals surface area contributed by atoms with Crippen molar-refractivity contribution < 1.29 is 10.0 Å². The van der Waals surface area contributed by atoms with Gasteiger partial charge in [0.2, 0.25) is 0 Å². The average molecular weight is 204 g/mol. The molecule has 2 rings (SSSR count). The van der Waals surface area contributed by atoms with Crippen LogP contribution in [0, 0.1) is 0 Å². The lowest BCUT2D eigenvalue weighted by atomic mass is 9.77. The topological polar surface area (TPSA) is 40.5 Å². The molecule has 1 aromatic carbocycles. The molecule has 0 aliphatic heterocycles. The van der Waals surface area contributed by atoms with Gasteiger partial charge in [0, 0.05) is 0 Å². The highest BCUT2D eigenvalue weighted by molar-refractivity contribution is 6.58. The highest BCUT2D eigenvalue weighted by Gasteiger charge is 2.27. The Morgan fingerprint density at radius 3 is 2.40 bits per heavy atom. The first-order valence-corrected chi connectivity index (χ1v) is 5.59. The first kappa shape index (κ1) is 10.7. The Hall–Kier alpha value is -0.795. The van der Waals surface area contributed by atoms with Gasteiger partial charge in [-0.15, -0.1) is 0 Å². The molecular formula is C12H17BO2. The van der Waals surface area contributed by atoms with Crippen LogP contribution >= 0.6 is 0 Å². The van der Waals surface area contributed by atoms with Crippen LogP contribution in [0.5, 0.6) is 0 Å². The molecule has 0 spiro atoms. The van der Waals surface area contributed by atoms with Gasteiger partial charge >= 0.3 is 7.12 Å². The summed E-state index contributed by atoms with van der Waals surface area (Å²) in [5.41, 5.74) is 3.26. The maximum atomic E-state index is 9.13. The lowest BCUT2D eigenvalue weighted by Crippen LogP contribution is -2.30. The van der Waals surface area contributed by atoms with E-state index in [1.807, 2.05) is 12.1 Å². The molecule has 2 N–H and O–H groups in total. The Morgan fingerprint density at radius 1 is 1.27 bits per heavy atom. The van der Waals surface area contributed by atoms with Crippen LogP contribution in [-0.2, 0) is 0 Å². The van der Waals surface area contributed by atoms with E-state index in [1.165, 1.54) is 24.0 Å². The van der Waals surface area contributed by atoms with Gasteiger partial charge in [0.1, 0.15) is 0 Å². The van der Waals surface area contributed by atoms with Crippen LogP contribution in [0.4, 0.5) is 0 Å². The van der Waals surface area contributed by atoms with Gasteiger partial charge in [0.15, 0.2) is 0 Å². The molecule has 0 radical (unpaired) electrons. The highest BCUT2D eigenvalue weighted by Crippen LogP contribution is 2.42. The highest BCUT2D eigenvalue weighted by atomic mass is 16.4. The fourth-order valence-corrected chi connectivity index (χ4v) is 2.02. The van der Waals surface area contributed by atoms with E-state index in [0.717, 1.165) is 0 Å². The molecule has 3 heteroatoms. The molecule has 0 saturated heterocycles. The summed E-state index contributed by atoms with van der Waals surface area (Å²) < 4.78 is 0. The molecule has 0 amide bonds. The zero-order valence-electron chi connectivity index (χ0n) is 9.27. The number of benzene rings is 1.